The highest BCUT2D eigenvalue weighted by atomic mass is 32.1. The molecule has 0 aliphatic heterocycles. The summed E-state index contributed by atoms with van der Waals surface area (Å²) in [5.74, 6) is 0.0469. The number of thiophene rings is 1. The van der Waals surface area contributed by atoms with Gasteiger partial charge < -0.3 is 9.64 Å². The number of quaternary nitrogens is 1. The van der Waals surface area contributed by atoms with Crippen LogP contribution in [0.5, 0.6) is 0 Å². The Hall–Kier alpha value is -1.20. The van der Waals surface area contributed by atoms with E-state index in [9.17, 15) is 9.59 Å². The second kappa shape index (κ2) is 8.87. The van der Waals surface area contributed by atoms with Crippen molar-refractivity contribution in [2.24, 2.45) is 0 Å². The number of carbonyl (C=O) groups excluding carboxylic acids is 2. The zero-order valence-corrected chi connectivity index (χ0v) is 14.3. The van der Waals surface area contributed by atoms with E-state index in [0.29, 0.717) is 6.54 Å². The average Bonchev–Trinajstić information content (AvgIpc) is 2.57. The molecule has 0 bridgehead atoms. The number of esters is 1. The van der Waals surface area contributed by atoms with Gasteiger partial charge in [-0.25, -0.2) is 4.79 Å². The fraction of sp³-hybridized carbons (Fsp3) is 0.600. The molecule has 0 aliphatic rings. The van der Waals surface area contributed by atoms with Gasteiger partial charge in [0, 0.05) is 6.92 Å². The normalized spacial score (nSPS) is 10.2. The number of Topliss-reactive ketones (excluding diaryl/α,β-unsaturated/α-hetero) is 1. The smallest absolute Gasteiger partial charge is 0.348 e. The lowest BCUT2D eigenvalue weighted by molar-refractivity contribution is -0.849. The number of ketones is 1. The Morgan fingerprint density at radius 3 is 2.10 bits per heavy atom. The first-order chi connectivity index (χ1) is 9.15. The maximum absolute atomic E-state index is 11.5. The van der Waals surface area contributed by atoms with Gasteiger partial charge in [0.1, 0.15) is 11.4 Å². The van der Waals surface area contributed by atoms with Crippen molar-refractivity contribution in [3.63, 3.8) is 0 Å². The van der Waals surface area contributed by atoms with Crippen molar-refractivity contribution in [2.75, 3.05) is 20.6 Å². The van der Waals surface area contributed by atoms with E-state index in [1.54, 1.807) is 6.92 Å². The SMILES string of the molecule is CC(=O)C[NH+](C)C.Cc1csc(C(=O)OC(C)C)c1C. The first-order valence-corrected chi connectivity index (χ1v) is 7.57. The van der Waals surface area contributed by atoms with Gasteiger partial charge in [-0.15, -0.1) is 11.3 Å². The summed E-state index contributed by atoms with van der Waals surface area (Å²) in [5, 5.41) is 1.98. The molecule has 0 saturated heterocycles. The van der Waals surface area contributed by atoms with Gasteiger partial charge in [-0.05, 0) is 44.2 Å². The van der Waals surface area contributed by atoms with Crippen LogP contribution < -0.4 is 4.90 Å². The van der Waals surface area contributed by atoms with Crippen LogP contribution in [0, 0.1) is 13.8 Å². The van der Waals surface area contributed by atoms with Crippen LogP contribution in [0.2, 0.25) is 0 Å². The van der Waals surface area contributed by atoms with Crippen molar-refractivity contribution in [3.8, 4) is 0 Å². The maximum atomic E-state index is 11.5. The zero-order chi connectivity index (χ0) is 15.9. The summed E-state index contributed by atoms with van der Waals surface area (Å²) >= 11 is 1.45. The topological polar surface area (TPSA) is 47.8 Å². The van der Waals surface area contributed by atoms with Crippen LogP contribution in [0.4, 0.5) is 0 Å². The van der Waals surface area contributed by atoms with E-state index in [2.05, 4.69) is 0 Å². The Morgan fingerprint density at radius 2 is 1.85 bits per heavy atom. The lowest BCUT2D eigenvalue weighted by Crippen LogP contribution is -3.06. The molecule has 0 atom stereocenters. The lowest BCUT2D eigenvalue weighted by atomic mass is 10.2. The van der Waals surface area contributed by atoms with Crippen molar-refractivity contribution >= 4 is 23.1 Å². The van der Waals surface area contributed by atoms with Crippen LogP contribution >= 0.6 is 11.3 Å². The van der Waals surface area contributed by atoms with Gasteiger partial charge in [0.2, 0.25) is 0 Å². The van der Waals surface area contributed by atoms with Gasteiger partial charge >= 0.3 is 5.97 Å². The van der Waals surface area contributed by atoms with Crippen LogP contribution in [0.25, 0.3) is 0 Å². The molecule has 0 spiro atoms. The Bertz CT molecular complexity index is 450. The van der Waals surface area contributed by atoms with Crippen molar-refractivity contribution in [3.05, 3.63) is 21.4 Å². The summed E-state index contributed by atoms with van der Waals surface area (Å²) in [4.78, 5) is 23.6. The van der Waals surface area contributed by atoms with E-state index in [0.717, 1.165) is 16.0 Å². The predicted octanol–water partition coefficient (Wildman–Crippen LogP) is 1.65. The van der Waals surface area contributed by atoms with E-state index in [-0.39, 0.29) is 17.9 Å². The third-order valence-corrected chi connectivity index (χ3v) is 3.60. The molecule has 114 valence electrons. The average molecular weight is 300 g/mol. The van der Waals surface area contributed by atoms with Crippen molar-refractivity contribution in [1.82, 2.24) is 0 Å². The number of rotatable bonds is 4. The van der Waals surface area contributed by atoms with Crippen LogP contribution in [0.3, 0.4) is 0 Å². The van der Waals surface area contributed by atoms with E-state index in [1.807, 2.05) is 47.2 Å². The molecule has 0 radical (unpaired) electrons. The highest BCUT2D eigenvalue weighted by molar-refractivity contribution is 7.12. The summed E-state index contributed by atoms with van der Waals surface area (Å²) in [6.45, 7) is 9.90. The Morgan fingerprint density at radius 1 is 1.30 bits per heavy atom. The molecule has 20 heavy (non-hydrogen) atoms. The first-order valence-electron chi connectivity index (χ1n) is 6.69. The molecule has 0 aromatic carbocycles. The fourth-order valence-corrected chi connectivity index (χ4v) is 2.42. The highest BCUT2D eigenvalue weighted by Crippen LogP contribution is 2.21. The van der Waals surface area contributed by atoms with Gasteiger partial charge in [0.15, 0.2) is 5.78 Å². The van der Waals surface area contributed by atoms with Crippen molar-refractivity contribution in [1.29, 1.82) is 0 Å². The Labute approximate surface area is 125 Å². The van der Waals surface area contributed by atoms with Gasteiger partial charge in [-0.3, -0.25) is 4.79 Å². The Balaban J connectivity index is 0.000000441. The summed E-state index contributed by atoms with van der Waals surface area (Å²) in [6.07, 6.45) is -0.0469. The monoisotopic (exact) mass is 300 g/mol. The van der Waals surface area contributed by atoms with E-state index < -0.39 is 0 Å². The van der Waals surface area contributed by atoms with Crippen molar-refractivity contribution in [2.45, 2.75) is 40.7 Å². The molecule has 0 saturated carbocycles. The number of hydrogen-bond donors (Lipinski definition) is 1. The summed E-state index contributed by atoms with van der Waals surface area (Å²) in [7, 11) is 3.92. The molecule has 5 heteroatoms. The summed E-state index contributed by atoms with van der Waals surface area (Å²) in [6, 6.07) is 0. The van der Waals surface area contributed by atoms with E-state index >= 15 is 0 Å². The summed E-state index contributed by atoms with van der Waals surface area (Å²) < 4.78 is 5.10. The number of carbonyl (C=O) groups is 2. The quantitative estimate of drug-likeness (QED) is 0.860. The van der Waals surface area contributed by atoms with Crippen LogP contribution in [-0.4, -0.2) is 38.5 Å². The number of hydrogen-bond acceptors (Lipinski definition) is 4. The van der Waals surface area contributed by atoms with Gasteiger partial charge in [-0.2, -0.15) is 0 Å². The van der Waals surface area contributed by atoms with Gasteiger partial charge in [0.25, 0.3) is 0 Å². The molecule has 0 unspecified atom stereocenters. The minimum Gasteiger partial charge on any atom is -0.459 e. The highest BCUT2D eigenvalue weighted by Gasteiger charge is 2.15. The standard InChI is InChI=1S/C10H14O2S.C5H11NO/c1-6(2)12-10(11)9-8(4)7(3)5-13-9;1-5(7)4-6(2)3/h5-6H,1-4H3;4H2,1-3H3/p+1. The molecule has 0 aliphatic carbocycles. The first kappa shape index (κ1) is 18.8. The summed E-state index contributed by atoms with van der Waals surface area (Å²) in [5.41, 5.74) is 2.19. The second-order valence-corrected chi connectivity index (χ2v) is 6.29. The minimum atomic E-state index is -0.203. The minimum absolute atomic E-state index is 0.0469. The lowest BCUT2D eigenvalue weighted by Gasteiger charge is -2.06. The van der Waals surface area contributed by atoms with Gasteiger partial charge in [0.05, 0.1) is 20.2 Å². The molecule has 0 amide bonds. The molecular weight excluding hydrogens is 274 g/mol. The van der Waals surface area contributed by atoms with Crippen LogP contribution in [0.1, 0.15) is 41.6 Å². The molecular formula is C15H26NO3S+. The molecule has 1 aromatic rings. The van der Waals surface area contributed by atoms with Crippen LogP contribution in [0.15, 0.2) is 5.38 Å². The molecule has 1 N–H and O–H groups in total. The fourth-order valence-electron chi connectivity index (χ4n) is 1.47. The Kier molecular flexibility index (Phi) is 8.34. The molecule has 1 aromatic heterocycles. The third-order valence-electron chi connectivity index (χ3n) is 2.42. The molecule has 4 nitrogen and oxygen atoms in total. The molecule has 1 rings (SSSR count). The number of ether oxygens (including phenoxy) is 1. The van der Waals surface area contributed by atoms with Gasteiger partial charge in [-0.1, -0.05) is 0 Å². The van der Waals surface area contributed by atoms with Crippen LogP contribution in [-0.2, 0) is 9.53 Å². The second-order valence-electron chi connectivity index (χ2n) is 5.41. The maximum Gasteiger partial charge on any atom is 0.348 e. The predicted molar refractivity (Wildman–Crippen MR) is 82.7 cm³/mol. The molecule has 1 heterocycles. The number of aryl methyl sites for hydroxylation is 1. The van der Waals surface area contributed by atoms with Crippen molar-refractivity contribution < 1.29 is 19.2 Å². The van der Waals surface area contributed by atoms with E-state index in [1.165, 1.54) is 16.2 Å². The largest absolute Gasteiger partial charge is 0.459 e. The molecule has 0 fully saturated rings. The van der Waals surface area contributed by atoms with E-state index in [4.69, 9.17) is 4.74 Å². The number of likely N-dealkylation sites (N-methyl/N-ethyl adjacent to an activating group) is 1. The number of nitrogens with one attached hydrogen (secondary N) is 1. The zero-order valence-electron chi connectivity index (χ0n) is 13.5. The third kappa shape index (κ3) is 7.40.